The summed E-state index contributed by atoms with van der Waals surface area (Å²) in [4.78, 5) is 0. The highest BCUT2D eigenvalue weighted by Crippen LogP contribution is 2.19. The normalized spacial score (nSPS) is 21.0. The maximum absolute atomic E-state index is 8.66. The summed E-state index contributed by atoms with van der Waals surface area (Å²) in [6.45, 7) is 0. The Morgan fingerprint density at radius 3 is 2.40 bits per heavy atom. The van der Waals surface area contributed by atoms with Gasteiger partial charge in [0.15, 0.2) is 0 Å². The lowest BCUT2D eigenvalue weighted by Crippen LogP contribution is -2.35. The van der Waals surface area contributed by atoms with Crippen molar-refractivity contribution in [2.75, 3.05) is 0 Å². The first-order valence-electron chi connectivity index (χ1n) is 3.88. The van der Waals surface area contributed by atoms with Crippen molar-refractivity contribution in [1.29, 1.82) is 0 Å². The monoisotopic (exact) mass is 143 g/mol. The lowest BCUT2D eigenvalue weighted by atomic mass is 9.96. The second-order valence-corrected chi connectivity index (χ2v) is 2.79. The van der Waals surface area contributed by atoms with E-state index in [-0.39, 0.29) is 6.10 Å². The summed E-state index contributed by atoms with van der Waals surface area (Å²) < 4.78 is 5.02. The van der Waals surface area contributed by atoms with Crippen molar-refractivity contribution >= 4 is 7.25 Å². The molecule has 0 aromatic rings. The molecule has 1 rings (SSSR count). The van der Waals surface area contributed by atoms with Crippen LogP contribution in [0.15, 0.2) is 0 Å². The van der Waals surface area contributed by atoms with Crippen LogP contribution >= 0.6 is 0 Å². The molecule has 10 heavy (non-hydrogen) atoms. The standard InChI is InChI=1S/C6H14BNO2/c8-7(9)10-6-4-2-1-3-5-6/h6,9H,1-5,8H2. The Hall–Kier alpha value is -0.0551. The molecule has 0 aliphatic heterocycles. The highest BCUT2D eigenvalue weighted by atomic mass is 16.5. The topological polar surface area (TPSA) is 55.5 Å². The molecule has 0 bridgehead atoms. The van der Waals surface area contributed by atoms with Crippen LogP contribution < -0.4 is 5.64 Å². The van der Waals surface area contributed by atoms with E-state index in [9.17, 15) is 0 Å². The average Bonchev–Trinajstić information content (AvgIpc) is 1.88. The minimum Gasteiger partial charge on any atom is -0.413 e. The maximum atomic E-state index is 8.66. The van der Waals surface area contributed by atoms with E-state index >= 15 is 0 Å². The fraction of sp³-hybridized carbons (Fsp3) is 1.00. The lowest BCUT2D eigenvalue weighted by molar-refractivity contribution is 0.127. The van der Waals surface area contributed by atoms with Gasteiger partial charge in [0.1, 0.15) is 0 Å². The molecule has 0 unspecified atom stereocenters. The smallest absolute Gasteiger partial charge is 0.413 e. The predicted octanol–water partition coefficient (Wildman–Crippen LogP) is 0.272. The summed E-state index contributed by atoms with van der Waals surface area (Å²) in [5.41, 5.74) is 5.06. The Balaban J connectivity index is 2.13. The summed E-state index contributed by atoms with van der Waals surface area (Å²) in [5.74, 6) is 0. The molecule has 0 atom stereocenters. The summed E-state index contributed by atoms with van der Waals surface area (Å²) >= 11 is 0. The van der Waals surface area contributed by atoms with Crippen LogP contribution in [0.5, 0.6) is 0 Å². The zero-order valence-corrected chi connectivity index (χ0v) is 6.12. The summed E-state index contributed by atoms with van der Waals surface area (Å²) in [7, 11) is -1.08. The number of rotatable bonds is 2. The molecular formula is C6H14BNO2. The van der Waals surface area contributed by atoms with Crippen molar-refractivity contribution in [3.63, 3.8) is 0 Å². The third-order valence-electron chi connectivity index (χ3n) is 1.88. The second kappa shape index (κ2) is 3.96. The van der Waals surface area contributed by atoms with E-state index in [2.05, 4.69) is 0 Å². The molecule has 0 aromatic carbocycles. The largest absolute Gasteiger partial charge is 0.549 e. The van der Waals surface area contributed by atoms with Gasteiger partial charge in [-0.3, -0.25) is 0 Å². The molecule has 4 heteroatoms. The SMILES string of the molecule is NB(O)OC1CCCCC1. The molecule has 1 saturated carbocycles. The van der Waals surface area contributed by atoms with E-state index in [0.717, 1.165) is 12.8 Å². The third-order valence-corrected chi connectivity index (χ3v) is 1.88. The Bertz CT molecular complexity index is 93.7. The molecule has 3 nitrogen and oxygen atoms in total. The second-order valence-electron chi connectivity index (χ2n) is 2.79. The van der Waals surface area contributed by atoms with Crippen LogP contribution in [0.4, 0.5) is 0 Å². The first-order chi connectivity index (χ1) is 4.79. The van der Waals surface area contributed by atoms with Crippen LogP contribution in [0.25, 0.3) is 0 Å². The number of hydrogen-bond acceptors (Lipinski definition) is 3. The van der Waals surface area contributed by atoms with Crippen LogP contribution in [-0.4, -0.2) is 18.4 Å². The van der Waals surface area contributed by atoms with Crippen LogP contribution in [-0.2, 0) is 4.65 Å². The maximum Gasteiger partial charge on any atom is 0.549 e. The van der Waals surface area contributed by atoms with E-state index in [0.29, 0.717) is 0 Å². The Morgan fingerprint density at radius 2 is 1.90 bits per heavy atom. The van der Waals surface area contributed by atoms with Crippen LogP contribution in [0, 0.1) is 0 Å². The van der Waals surface area contributed by atoms with E-state index < -0.39 is 7.25 Å². The minimum absolute atomic E-state index is 0.203. The van der Waals surface area contributed by atoms with Crippen molar-refractivity contribution in [3.8, 4) is 0 Å². The van der Waals surface area contributed by atoms with Crippen LogP contribution in [0.3, 0.4) is 0 Å². The van der Waals surface area contributed by atoms with Gasteiger partial charge >= 0.3 is 7.25 Å². The van der Waals surface area contributed by atoms with E-state index in [1.54, 1.807) is 0 Å². The molecule has 3 N–H and O–H groups in total. The molecule has 0 aromatic heterocycles. The van der Waals surface area contributed by atoms with Gasteiger partial charge in [-0.25, -0.2) is 0 Å². The van der Waals surface area contributed by atoms with Gasteiger partial charge in [0.2, 0.25) is 0 Å². The lowest BCUT2D eigenvalue weighted by Gasteiger charge is -2.22. The van der Waals surface area contributed by atoms with Gasteiger partial charge in [0.25, 0.3) is 0 Å². The van der Waals surface area contributed by atoms with Crippen LogP contribution in [0.2, 0.25) is 0 Å². The first-order valence-corrected chi connectivity index (χ1v) is 3.88. The molecule has 0 amide bonds. The molecule has 0 saturated heterocycles. The number of nitrogens with two attached hydrogens (primary N) is 1. The van der Waals surface area contributed by atoms with E-state index in [1.165, 1.54) is 19.3 Å². The molecule has 1 fully saturated rings. The van der Waals surface area contributed by atoms with Gasteiger partial charge in [0.05, 0.1) is 0 Å². The highest BCUT2D eigenvalue weighted by Gasteiger charge is 2.17. The van der Waals surface area contributed by atoms with Gasteiger partial charge in [-0.2, -0.15) is 0 Å². The van der Waals surface area contributed by atoms with Crippen molar-refractivity contribution in [2.45, 2.75) is 38.2 Å². The van der Waals surface area contributed by atoms with E-state index in [1.807, 2.05) is 0 Å². The molecule has 58 valence electrons. The van der Waals surface area contributed by atoms with Crippen LogP contribution in [0.1, 0.15) is 32.1 Å². The van der Waals surface area contributed by atoms with E-state index in [4.69, 9.17) is 15.3 Å². The molecule has 0 spiro atoms. The summed E-state index contributed by atoms with van der Waals surface area (Å²) in [5, 5.41) is 8.66. The summed E-state index contributed by atoms with van der Waals surface area (Å²) in [6.07, 6.45) is 6.01. The average molecular weight is 143 g/mol. The van der Waals surface area contributed by atoms with Crippen molar-refractivity contribution in [3.05, 3.63) is 0 Å². The van der Waals surface area contributed by atoms with Gasteiger partial charge in [-0.1, -0.05) is 19.3 Å². The fourth-order valence-electron chi connectivity index (χ4n) is 1.40. The van der Waals surface area contributed by atoms with Gasteiger partial charge in [-0.05, 0) is 12.8 Å². The highest BCUT2D eigenvalue weighted by molar-refractivity contribution is 6.38. The molecule has 1 aliphatic carbocycles. The van der Waals surface area contributed by atoms with Crippen molar-refractivity contribution in [2.24, 2.45) is 5.64 Å². The summed E-state index contributed by atoms with van der Waals surface area (Å²) in [6, 6.07) is 0. The molecular weight excluding hydrogens is 129 g/mol. The van der Waals surface area contributed by atoms with Crippen molar-refractivity contribution < 1.29 is 9.68 Å². The zero-order chi connectivity index (χ0) is 7.40. The fourth-order valence-corrected chi connectivity index (χ4v) is 1.40. The molecule has 0 radical (unpaired) electrons. The van der Waals surface area contributed by atoms with Crippen molar-refractivity contribution in [1.82, 2.24) is 0 Å². The Kier molecular flexibility index (Phi) is 3.18. The molecule has 1 aliphatic rings. The Morgan fingerprint density at radius 1 is 1.30 bits per heavy atom. The van der Waals surface area contributed by atoms with Gasteiger partial charge < -0.3 is 15.3 Å². The molecule has 0 heterocycles. The van der Waals surface area contributed by atoms with Gasteiger partial charge in [-0.15, -0.1) is 0 Å². The number of hydrogen-bond donors (Lipinski definition) is 2. The quantitative estimate of drug-likeness (QED) is 0.545. The predicted molar refractivity (Wildman–Crippen MR) is 40.1 cm³/mol. The Labute approximate surface area is 61.7 Å². The van der Waals surface area contributed by atoms with Gasteiger partial charge in [0, 0.05) is 6.10 Å². The zero-order valence-electron chi connectivity index (χ0n) is 6.12. The first kappa shape index (κ1) is 8.05. The third kappa shape index (κ3) is 2.69. The minimum atomic E-state index is -1.08.